The predicted molar refractivity (Wildman–Crippen MR) is 84.8 cm³/mol. The summed E-state index contributed by atoms with van der Waals surface area (Å²) < 4.78 is 11.7. The molecule has 21 heavy (non-hydrogen) atoms. The average Bonchev–Trinajstić information content (AvgIpc) is 2.90. The van der Waals surface area contributed by atoms with Crippen LogP contribution in [-0.4, -0.2) is 26.9 Å². The Kier molecular flexibility index (Phi) is 4.81. The Bertz CT molecular complexity index is 468. The molecule has 0 aliphatic heterocycles. The van der Waals surface area contributed by atoms with E-state index in [0.717, 1.165) is 24.7 Å². The number of likely N-dealkylation sites (N-methyl/N-ethyl adjacent to an activating group) is 1. The second-order valence-electron chi connectivity index (χ2n) is 6.41. The lowest BCUT2D eigenvalue weighted by Crippen LogP contribution is -2.30. The van der Waals surface area contributed by atoms with Gasteiger partial charge in [-0.05, 0) is 49.1 Å². The zero-order valence-corrected chi connectivity index (χ0v) is 13.2. The molecule has 116 valence electrons. The van der Waals surface area contributed by atoms with Crippen molar-refractivity contribution in [1.82, 2.24) is 5.32 Å². The van der Waals surface area contributed by atoms with Gasteiger partial charge in [0.1, 0.15) is 5.75 Å². The highest BCUT2D eigenvalue weighted by Gasteiger charge is 2.33. The van der Waals surface area contributed by atoms with Crippen molar-refractivity contribution in [2.24, 2.45) is 5.92 Å². The van der Waals surface area contributed by atoms with Gasteiger partial charge in [0.15, 0.2) is 0 Å². The number of hydrogen-bond donors (Lipinski definition) is 1. The van der Waals surface area contributed by atoms with Crippen LogP contribution in [0, 0.1) is 5.92 Å². The molecule has 3 rings (SSSR count). The number of rotatable bonds is 5. The molecule has 0 bridgehead atoms. The van der Waals surface area contributed by atoms with E-state index in [1.807, 2.05) is 7.05 Å². The minimum Gasteiger partial charge on any atom is -0.497 e. The Morgan fingerprint density at radius 1 is 1.19 bits per heavy atom. The monoisotopic (exact) mass is 289 g/mol. The van der Waals surface area contributed by atoms with Crippen molar-refractivity contribution >= 4 is 0 Å². The van der Waals surface area contributed by atoms with Crippen molar-refractivity contribution in [2.75, 3.05) is 20.8 Å². The molecule has 0 saturated heterocycles. The third-order valence-electron chi connectivity index (χ3n) is 5.06. The normalized spacial score (nSPS) is 25.8. The zero-order valence-electron chi connectivity index (χ0n) is 13.2. The lowest BCUT2D eigenvalue weighted by Gasteiger charge is -2.26. The first-order chi connectivity index (χ1) is 10.3. The fraction of sp³-hybridized carbons (Fsp3) is 0.667. The van der Waals surface area contributed by atoms with Crippen molar-refractivity contribution in [1.29, 1.82) is 0 Å². The van der Waals surface area contributed by atoms with Gasteiger partial charge < -0.3 is 14.8 Å². The second-order valence-corrected chi connectivity index (χ2v) is 6.41. The molecule has 1 aromatic carbocycles. The van der Waals surface area contributed by atoms with E-state index in [0.29, 0.717) is 6.04 Å². The lowest BCUT2D eigenvalue weighted by atomic mass is 9.90. The number of methoxy groups -OCH3 is 1. The number of hydrogen-bond acceptors (Lipinski definition) is 3. The highest BCUT2D eigenvalue weighted by atomic mass is 16.5. The van der Waals surface area contributed by atoms with Crippen molar-refractivity contribution in [3.63, 3.8) is 0 Å². The van der Waals surface area contributed by atoms with Crippen LogP contribution in [0.2, 0.25) is 0 Å². The van der Waals surface area contributed by atoms with Crippen molar-refractivity contribution in [3.05, 3.63) is 29.3 Å². The quantitative estimate of drug-likeness (QED) is 0.900. The topological polar surface area (TPSA) is 30.5 Å². The third-order valence-corrected chi connectivity index (χ3v) is 5.06. The van der Waals surface area contributed by atoms with Gasteiger partial charge in [-0.2, -0.15) is 0 Å². The zero-order chi connectivity index (χ0) is 14.7. The third kappa shape index (κ3) is 3.24. The van der Waals surface area contributed by atoms with Gasteiger partial charge in [-0.15, -0.1) is 0 Å². The number of nitrogens with one attached hydrogen (secondary N) is 1. The van der Waals surface area contributed by atoms with Crippen molar-refractivity contribution in [3.8, 4) is 5.75 Å². The van der Waals surface area contributed by atoms with E-state index in [1.54, 1.807) is 7.11 Å². The van der Waals surface area contributed by atoms with E-state index in [2.05, 4.69) is 23.5 Å². The summed E-state index contributed by atoms with van der Waals surface area (Å²) in [5.41, 5.74) is 2.73. The van der Waals surface area contributed by atoms with Crippen LogP contribution >= 0.6 is 0 Å². The van der Waals surface area contributed by atoms with Gasteiger partial charge in [0.25, 0.3) is 0 Å². The predicted octanol–water partition coefficient (Wildman–Crippen LogP) is 3.48. The summed E-state index contributed by atoms with van der Waals surface area (Å²) >= 11 is 0. The molecule has 1 fully saturated rings. The van der Waals surface area contributed by atoms with Gasteiger partial charge in [0.05, 0.1) is 19.3 Å². The Labute approximate surface area is 128 Å². The van der Waals surface area contributed by atoms with Crippen LogP contribution in [0.5, 0.6) is 5.75 Å². The summed E-state index contributed by atoms with van der Waals surface area (Å²) in [6, 6.07) is 6.68. The molecule has 0 heterocycles. The number of fused-ring (bicyclic) bond motifs is 1. The van der Waals surface area contributed by atoms with Crippen LogP contribution in [0.3, 0.4) is 0 Å². The molecule has 1 saturated carbocycles. The summed E-state index contributed by atoms with van der Waals surface area (Å²) in [7, 11) is 3.75. The van der Waals surface area contributed by atoms with Gasteiger partial charge in [0, 0.05) is 13.0 Å². The Balaban J connectivity index is 1.64. The van der Waals surface area contributed by atoms with E-state index in [-0.39, 0.29) is 6.10 Å². The molecule has 2 unspecified atom stereocenters. The minimum atomic E-state index is 0.263. The molecule has 0 aromatic heterocycles. The average molecular weight is 289 g/mol. The molecule has 2 aliphatic carbocycles. The van der Waals surface area contributed by atoms with Gasteiger partial charge in [-0.1, -0.05) is 25.3 Å². The lowest BCUT2D eigenvalue weighted by molar-refractivity contribution is 0.00750. The van der Waals surface area contributed by atoms with Gasteiger partial charge >= 0.3 is 0 Å². The highest BCUT2D eigenvalue weighted by molar-refractivity contribution is 5.42. The highest BCUT2D eigenvalue weighted by Crippen LogP contribution is 2.36. The maximum atomic E-state index is 6.30. The van der Waals surface area contributed by atoms with Crippen LogP contribution in [0.4, 0.5) is 0 Å². The first kappa shape index (κ1) is 14.9. The van der Waals surface area contributed by atoms with Crippen molar-refractivity contribution < 1.29 is 9.47 Å². The molecular weight excluding hydrogens is 262 g/mol. The SMILES string of the molecule is CNC1c2cc(OC)ccc2CC1OCC1CCCCC1. The fourth-order valence-corrected chi connectivity index (χ4v) is 3.82. The van der Waals surface area contributed by atoms with Crippen LogP contribution in [0.25, 0.3) is 0 Å². The molecule has 2 aliphatic rings. The van der Waals surface area contributed by atoms with Gasteiger partial charge in [0.2, 0.25) is 0 Å². The molecule has 1 aromatic rings. The van der Waals surface area contributed by atoms with E-state index in [4.69, 9.17) is 9.47 Å². The maximum Gasteiger partial charge on any atom is 0.119 e. The maximum absolute atomic E-state index is 6.30. The van der Waals surface area contributed by atoms with E-state index in [1.165, 1.54) is 43.2 Å². The molecule has 0 radical (unpaired) electrons. The molecule has 0 amide bonds. The standard InChI is InChI=1S/C18H27NO2/c1-19-18-16-11-15(20-2)9-8-14(16)10-17(18)21-12-13-6-4-3-5-7-13/h8-9,11,13,17-19H,3-7,10,12H2,1-2H3. The van der Waals surface area contributed by atoms with Gasteiger partial charge in [-0.3, -0.25) is 0 Å². The first-order valence-electron chi connectivity index (χ1n) is 8.27. The van der Waals surface area contributed by atoms with E-state index in [9.17, 15) is 0 Å². The molecule has 1 N–H and O–H groups in total. The van der Waals surface area contributed by atoms with Crippen molar-refractivity contribution in [2.45, 2.75) is 50.7 Å². The Morgan fingerprint density at radius 2 is 2.00 bits per heavy atom. The van der Waals surface area contributed by atoms with Gasteiger partial charge in [-0.25, -0.2) is 0 Å². The minimum absolute atomic E-state index is 0.263. The smallest absolute Gasteiger partial charge is 0.119 e. The van der Waals surface area contributed by atoms with Crippen LogP contribution in [0.15, 0.2) is 18.2 Å². The fourth-order valence-electron chi connectivity index (χ4n) is 3.82. The number of ether oxygens (including phenoxy) is 2. The molecule has 3 nitrogen and oxygen atoms in total. The van der Waals surface area contributed by atoms with Crippen LogP contribution in [0.1, 0.15) is 49.3 Å². The summed E-state index contributed by atoms with van der Waals surface area (Å²) in [4.78, 5) is 0. The summed E-state index contributed by atoms with van der Waals surface area (Å²) in [5.74, 6) is 1.71. The second kappa shape index (κ2) is 6.80. The molecule has 0 spiro atoms. The number of benzene rings is 1. The molecule has 3 heteroatoms. The Morgan fingerprint density at radius 3 is 2.71 bits per heavy atom. The molecular formula is C18H27NO2. The summed E-state index contributed by atoms with van der Waals surface area (Å²) in [5, 5.41) is 3.43. The Hall–Kier alpha value is -1.06. The largest absolute Gasteiger partial charge is 0.497 e. The van der Waals surface area contributed by atoms with Crippen LogP contribution < -0.4 is 10.1 Å². The molecule has 2 atom stereocenters. The first-order valence-corrected chi connectivity index (χ1v) is 8.27. The summed E-state index contributed by atoms with van der Waals surface area (Å²) in [6.45, 7) is 0.925. The van der Waals surface area contributed by atoms with E-state index < -0.39 is 0 Å². The van der Waals surface area contributed by atoms with Crippen LogP contribution in [-0.2, 0) is 11.2 Å². The van der Waals surface area contributed by atoms with E-state index >= 15 is 0 Å². The summed E-state index contributed by atoms with van der Waals surface area (Å²) in [6.07, 6.45) is 8.13.